The standard InChI is InChI=1S/C13H14N6/c1-2-7-19-10-3-4-15-8-9(10)18-13(19)11-12(14)17-6-5-16-11/h3-6,8H,2,7H2,1H3,(H2,14,17). The normalized spacial score (nSPS) is 11.0. The molecule has 0 aliphatic carbocycles. The van der Waals surface area contributed by atoms with Crippen molar-refractivity contribution in [1.82, 2.24) is 24.5 Å². The van der Waals surface area contributed by atoms with E-state index in [2.05, 4.69) is 31.4 Å². The summed E-state index contributed by atoms with van der Waals surface area (Å²) in [5.41, 5.74) is 8.40. The van der Waals surface area contributed by atoms with Gasteiger partial charge in [0, 0.05) is 25.1 Å². The molecule has 3 aromatic rings. The van der Waals surface area contributed by atoms with Gasteiger partial charge in [0.1, 0.15) is 11.2 Å². The summed E-state index contributed by atoms with van der Waals surface area (Å²) in [4.78, 5) is 17.0. The third-order valence-electron chi connectivity index (χ3n) is 2.94. The molecule has 0 spiro atoms. The molecule has 6 heteroatoms. The molecule has 0 unspecified atom stereocenters. The Hall–Kier alpha value is -2.50. The summed E-state index contributed by atoms with van der Waals surface area (Å²) in [7, 11) is 0. The first-order valence-electron chi connectivity index (χ1n) is 6.18. The molecule has 19 heavy (non-hydrogen) atoms. The highest BCUT2D eigenvalue weighted by Crippen LogP contribution is 2.25. The van der Waals surface area contributed by atoms with Gasteiger partial charge in [0.2, 0.25) is 0 Å². The molecule has 0 radical (unpaired) electrons. The minimum Gasteiger partial charge on any atom is -0.382 e. The molecule has 0 bridgehead atoms. The van der Waals surface area contributed by atoms with Crippen LogP contribution >= 0.6 is 0 Å². The second-order valence-corrected chi connectivity index (χ2v) is 4.24. The Labute approximate surface area is 110 Å². The number of rotatable bonds is 3. The Kier molecular flexibility index (Phi) is 2.83. The van der Waals surface area contributed by atoms with Crippen LogP contribution in [-0.4, -0.2) is 24.5 Å². The second kappa shape index (κ2) is 4.64. The maximum absolute atomic E-state index is 5.90. The van der Waals surface area contributed by atoms with Gasteiger partial charge in [0.15, 0.2) is 11.6 Å². The van der Waals surface area contributed by atoms with E-state index < -0.39 is 0 Å². The summed E-state index contributed by atoms with van der Waals surface area (Å²) in [6.07, 6.45) is 7.71. The van der Waals surface area contributed by atoms with Crippen molar-refractivity contribution in [3.8, 4) is 11.5 Å². The number of fused-ring (bicyclic) bond motifs is 1. The summed E-state index contributed by atoms with van der Waals surface area (Å²) >= 11 is 0. The summed E-state index contributed by atoms with van der Waals surface area (Å²) in [5, 5.41) is 0. The largest absolute Gasteiger partial charge is 0.382 e. The Morgan fingerprint density at radius 1 is 1.21 bits per heavy atom. The van der Waals surface area contributed by atoms with Crippen molar-refractivity contribution in [3.63, 3.8) is 0 Å². The predicted octanol–water partition coefficient (Wildman–Crippen LogP) is 1.88. The fourth-order valence-electron chi connectivity index (χ4n) is 2.13. The third kappa shape index (κ3) is 1.91. The number of aromatic nitrogens is 5. The SMILES string of the molecule is CCCn1c(-c2nccnc2N)nc2cnccc21. The lowest BCUT2D eigenvalue weighted by Crippen LogP contribution is -2.04. The first kappa shape index (κ1) is 11.6. The number of nitrogen functional groups attached to an aromatic ring is 1. The average molecular weight is 254 g/mol. The first-order valence-corrected chi connectivity index (χ1v) is 6.18. The number of anilines is 1. The van der Waals surface area contributed by atoms with E-state index in [0.29, 0.717) is 11.5 Å². The zero-order chi connectivity index (χ0) is 13.2. The Morgan fingerprint density at radius 3 is 2.84 bits per heavy atom. The molecule has 0 aromatic carbocycles. The number of aryl methyl sites for hydroxylation is 1. The van der Waals surface area contributed by atoms with E-state index >= 15 is 0 Å². The molecular formula is C13H14N6. The molecule has 0 aliphatic heterocycles. The second-order valence-electron chi connectivity index (χ2n) is 4.24. The summed E-state index contributed by atoms with van der Waals surface area (Å²) in [5.74, 6) is 1.14. The monoisotopic (exact) mass is 254 g/mol. The maximum Gasteiger partial charge on any atom is 0.163 e. The smallest absolute Gasteiger partial charge is 0.163 e. The van der Waals surface area contributed by atoms with Gasteiger partial charge in [-0.25, -0.2) is 15.0 Å². The minimum absolute atomic E-state index is 0.392. The molecule has 3 rings (SSSR count). The molecule has 2 N–H and O–H groups in total. The van der Waals surface area contributed by atoms with Gasteiger partial charge >= 0.3 is 0 Å². The lowest BCUT2D eigenvalue weighted by atomic mass is 10.3. The van der Waals surface area contributed by atoms with E-state index in [0.717, 1.165) is 29.8 Å². The molecule has 3 aromatic heterocycles. The van der Waals surface area contributed by atoms with Gasteiger partial charge in [-0.05, 0) is 12.5 Å². The van der Waals surface area contributed by atoms with Gasteiger partial charge in [-0.1, -0.05) is 6.92 Å². The third-order valence-corrected chi connectivity index (χ3v) is 2.94. The van der Waals surface area contributed by atoms with Crippen LogP contribution in [0.2, 0.25) is 0 Å². The number of hydrogen-bond donors (Lipinski definition) is 1. The van der Waals surface area contributed by atoms with E-state index in [1.54, 1.807) is 24.8 Å². The van der Waals surface area contributed by atoms with Crippen molar-refractivity contribution >= 4 is 16.9 Å². The van der Waals surface area contributed by atoms with Crippen LogP contribution in [0, 0.1) is 0 Å². The van der Waals surface area contributed by atoms with E-state index in [-0.39, 0.29) is 0 Å². The van der Waals surface area contributed by atoms with Crippen molar-refractivity contribution in [2.45, 2.75) is 19.9 Å². The number of nitrogens with two attached hydrogens (primary N) is 1. The summed E-state index contributed by atoms with van der Waals surface area (Å²) in [6, 6.07) is 1.95. The van der Waals surface area contributed by atoms with Crippen LogP contribution in [0.5, 0.6) is 0 Å². The minimum atomic E-state index is 0.392. The molecular weight excluding hydrogens is 240 g/mol. The van der Waals surface area contributed by atoms with Crippen molar-refractivity contribution in [1.29, 1.82) is 0 Å². The molecule has 0 atom stereocenters. The van der Waals surface area contributed by atoms with Crippen molar-refractivity contribution in [2.75, 3.05) is 5.73 Å². The number of hydrogen-bond acceptors (Lipinski definition) is 5. The van der Waals surface area contributed by atoms with Crippen molar-refractivity contribution < 1.29 is 0 Å². The van der Waals surface area contributed by atoms with Crippen LogP contribution in [0.25, 0.3) is 22.6 Å². The molecule has 0 aliphatic rings. The number of pyridine rings is 1. The molecule has 3 heterocycles. The summed E-state index contributed by atoms with van der Waals surface area (Å²) in [6.45, 7) is 2.97. The molecule has 96 valence electrons. The van der Waals surface area contributed by atoms with Crippen molar-refractivity contribution in [2.24, 2.45) is 0 Å². The lowest BCUT2D eigenvalue weighted by Gasteiger charge is -2.07. The first-order chi connectivity index (χ1) is 9.31. The van der Waals surface area contributed by atoms with E-state index in [4.69, 9.17) is 5.73 Å². The van der Waals surface area contributed by atoms with Gasteiger partial charge in [-0.15, -0.1) is 0 Å². The van der Waals surface area contributed by atoms with Crippen LogP contribution in [0.1, 0.15) is 13.3 Å². The predicted molar refractivity (Wildman–Crippen MR) is 73.3 cm³/mol. The molecule has 0 saturated heterocycles. The molecule has 0 fully saturated rings. The maximum atomic E-state index is 5.90. The van der Waals surface area contributed by atoms with Crippen molar-refractivity contribution in [3.05, 3.63) is 30.9 Å². The summed E-state index contributed by atoms with van der Waals surface area (Å²) < 4.78 is 2.11. The molecule has 0 saturated carbocycles. The Morgan fingerprint density at radius 2 is 2.05 bits per heavy atom. The highest BCUT2D eigenvalue weighted by molar-refractivity contribution is 5.80. The van der Waals surface area contributed by atoms with E-state index in [1.807, 2.05) is 6.07 Å². The van der Waals surface area contributed by atoms with Crippen LogP contribution in [0.3, 0.4) is 0 Å². The quantitative estimate of drug-likeness (QED) is 0.771. The highest BCUT2D eigenvalue weighted by Gasteiger charge is 2.15. The van der Waals surface area contributed by atoms with Gasteiger partial charge in [0.25, 0.3) is 0 Å². The van der Waals surface area contributed by atoms with Gasteiger partial charge in [-0.2, -0.15) is 0 Å². The fraction of sp³-hybridized carbons (Fsp3) is 0.231. The van der Waals surface area contributed by atoms with Crippen LogP contribution in [0.15, 0.2) is 30.9 Å². The lowest BCUT2D eigenvalue weighted by molar-refractivity contribution is 0.702. The van der Waals surface area contributed by atoms with E-state index in [9.17, 15) is 0 Å². The number of nitrogens with zero attached hydrogens (tertiary/aromatic N) is 5. The van der Waals surface area contributed by atoms with Gasteiger partial charge < -0.3 is 10.3 Å². The van der Waals surface area contributed by atoms with Crippen LogP contribution in [-0.2, 0) is 6.54 Å². The average Bonchev–Trinajstić information content (AvgIpc) is 2.79. The van der Waals surface area contributed by atoms with Gasteiger partial charge in [-0.3, -0.25) is 4.98 Å². The Balaban J connectivity index is 2.28. The zero-order valence-electron chi connectivity index (χ0n) is 10.6. The van der Waals surface area contributed by atoms with Crippen LogP contribution in [0.4, 0.5) is 5.82 Å². The topological polar surface area (TPSA) is 82.5 Å². The van der Waals surface area contributed by atoms with Gasteiger partial charge in [0.05, 0.1) is 11.7 Å². The fourth-order valence-corrected chi connectivity index (χ4v) is 2.13. The Bertz CT molecular complexity index is 718. The molecule has 6 nitrogen and oxygen atoms in total. The molecule has 0 amide bonds. The van der Waals surface area contributed by atoms with E-state index in [1.165, 1.54) is 0 Å². The van der Waals surface area contributed by atoms with Crippen LogP contribution < -0.4 is 5.73 Å². The zero-order valence-corrected chi connectivity index (χ0v) is 10.6. The number of imidazole rings is 1. The highest BCUT2D eigenvalue weighted by atomic mass is 15.1.